The van der Waals surface area contributed by atoms with Gasteiger partial charge in [-0.3, -0.25) is 0 Å². The van der Waals surface area contributed by atoms with Gasteiger partial charge in [0, 0.05) is 6.04 Å². The van der Waals surface area contributed by atoms with Crippen LogP contribution in [0, 0.1) is 5.92 Å². The summed E-state index contributed by atoms with van der Waals surface area (Å²) in [5, 5.41) is 9.91. The molecule has 2 nitrogen and oxygen atoms in total. The minimum atomic E-state index is 0.406. The first-order chi connectivity index (χ1) is 9.84. The van der Waals surface area contributed by atoms with Crippen molar-refractivity contribution in [2.24, 2.45) is 5.92 Å². The minimum absolute atomic E-state index is 0.406. The maximum atomic E-state index is 3.72. The van der Waals surface area contributed by atoms with E-state index in [2.05, 4.69) is 60.0 Å². The van der Waals surface area contributed by atoms with E-state index in [0.29, 0.717) is 6.04 Å². The van der Waals surface area contributed by atoms with E-state index in [9.17, 15) is 0 Å². The Labute approximate surface area is 121 Å². The Hall–Kier alpha value is -1.38. The Morgan fingerprint density at radius 1 is 1.20 bits per heavy atom. The highest BCUT2D eigenvalue weighted by Gasteiger charge is 2.15. The molecule has 2 aromatic carbocycles. The van der Waals surface area contributed by atoms with Crippen LogP contribution in [0.3, 0.4) is 0 Å². The van der Waals surface area contributed by atoms with Crippen LogP contribution in [0.5, 0.6) is 0 Å². The fourth-order valence-electron chi connectivity index (χ4n) is 3.18. The molecule has 0 bridgehead atoms. The van der Waals surface area contributed by atoms with Gasteiger partial charge in [0.05, 0.1) is 0 Å². The van der Waals surface area contributed by atoms with E-state index >= 15 is 0 Å². The summed E-state index contributed by atoms with van der Waals surface area (Å²) in [5.41, 5.74) is 1.41. The van der Waals surface area contributed by atoms with Crippen LogP contribution in [-0.2, 0) is 0 Å². The standard InChI is InChI=1S/C18H24N2/c1-14(20-13-15-6-5-11-19-12-15)17-10-4-8-16-7-2-3-9-18(16)17/h2-4,7-10,14-15,19-20H,5-6,11-13H2,1H3. The fraction of sp³-hybridized carbons (Fsp3) is 0.444. The summed E-state index contributed by atoms with van der Waals surface area (Å²) in [6.45, 7) is 5.74. The van der Waals surface area contributed by atoms with Gasteiger partial charge in [-0.25, -0.2) is 0 Å². The summed E-state index contributed by atoms with van der Waals surface area (Å²) < 4.78 is 0. The molecule has 20 heavy (non-hydrogen) atoms. The molecule has 0 aromatic heterocycles. The highest BCUT2D eigenvalue weighted by atomic mass is 14.9. The second kappa shape index (κ2) is 6.38. The zero-order valence-corrected chi connectivity index (χ0v) is 12.2. The number of benzene rings is 2. The average molecular weight is 268 g/mol. The normalized spacial score (nSPS) is 20.9. The molecular weight excluding hydrogens is 244 g/mol. The van der Waals surface area contributed by atoms with Gasteiger partial charge in [-0.1, -0.05) is 42.5 Å². The molecular formula is C18H24N2. The van der Waals surface area contributed by atoms with Crippen LogP contribution >= 0.6 is 0 Å². The molecule has 0 amide bonds. The maximum Gasteiger partial charge on any atom is 0.0298 e. The van der Waals surface area contributed by atoms with Crippen molar-refractivity contribution in [2.45, 2.75) is 25.8 Å². The van der Waals surface area contributed by atoms with E-state index in [0.717, 1.165) is 19.0 Å². The molecule has 0 aliphatic carbocycles. The third-order valence-electron chi connectivity index (χ3n) is 4.40. The van der Waals surface area contributed by atoms with Crippen LogP contribution in [0.25, 0.3) is 10.8 Å². The molecule has 0 saturated carbocycles. The Morgan fingerprint density at radius 3 is 2.90 bits per heavy atom. The van der Waals surface area contributed by atoms with E-state index in [4.69, 9.17) is 0 Å². The van der Waals surface area contributed by atoms with Crippen molar-refractivity contribution in [3.8, 4) is 0 Å². The lowest BCUT2D eigenvalue weighted by Crippen LogP contribution is -2.36. The Morgan fingerprint density at radius 2 is 2.05 bits per heavy atom. The van der Waals surface area contributed by atoms with Gasteiger partial charge in [0.15, 0.2) is 0 Å². The van der Waals surface area contributed by atoms with Crippen molar-refractivity contribution in [3.05, 3.63) is 48.0 Å². The predicted molar refractivity (Wildman–Crippen MR) is 86.0 cm³/mol. The molecule has 1 fully saturated rings. The molecule has 106 valence electrons. The third-order valence-corrected chi connectivity index (χ3v) is 4.40. The zero-order chi connectivity index (χ0) is 13.8. The van der Waals surface area contributed by atoms with E-state index in [1.165, 1.54) is 35.7 Å². The van der Waals surface area contributed by atoms with E-state index in [-0.39, 0.29) is 0 Å². The van der Waals surface area contributed by atoms with Gasteiger partial charge in [0.25, 0.3) is 0 Å². The van der Waals surface area contributed by atoms with Gasteiger partial charge in [-0.2, -0.15) is 0 Å². The van der Waals surface area contributed by atoms with Crippen LogP contribution in [0.15, 0.2) is 42.5 Å². The van der Waals surface area contributed by atoms with Gasteiger partial charge in [-0.15, -0.1) is 0 Å². The molecule has 2 aromatic rings. The summed E-state index contributed by atoms with van der Waals surface area (Å²) in [6, 6.07) is 15.7. The SMILES string of the molecule is CC(NCC1CCCNC1)c1cccc2ccccc12. The quantitative estimate of drug-likeness (QED) is 0.887. The molecule has 1 saturated heterocycles. The second-order valence-electron chi connectivity index (χ2n) is 5.91. The molecule has 1 heterocycles. The van der Waals surface area contributed by atoms with Crippen molar-refractivity contribution >= 4 is 10.8 Å². The summed E-state index contributed by atoms with van der Waals surface area (Å²) in [6.07, 6.45) is 2.66. The van der Waals surface area contributed by atoms with E-state index in [1.807, 2.05) is 0 Å². The monoisotopic (exact) mass is 268 g/mol. The molecule has 2 heteroatoms. The van der Waals surface area contributed by atoms with Crippen LogP contribution in [0.1, 0.15) is 31.4 Å². The topological polar surface area (TPSA) is 24.1 Å². The lowest BCUT2D eigenvalue weighted by Gasteiger charge is -2.25. The van der Waals surface area contributed by atoms with Crippen molar-refractivity contribution in [3.63, 3.8) is 0 Å². The minimum Gasteiger partial charge on any atom is -0.316 e. The summed E-state index contributed by atoms with van der Waals surface area (Å²) in [4.78, 5) is 0. The lowest BCUT2D eigenvalue weighted by molar-refractivity contribution is 0.349. The van der Waals surface area contributed by atoms with Crippen LogP contribution in [0.2, 0.25) is 0 Å². The first-order valence-corrected chi connectivity index (χ1v) is 7.76. The van der Waals surface area contributed by atoms with Gasteiger partial charge in [-0.05, 0) is 61.7 Å². The molecule has 2 unspecified atom stereocenters. The third kappa shape index (κ3) is 3.02. The maximum absolute atomic E-state index is 3.72. The molecule has 0 spiro atoms. The van der Waals surface area contributed by atoms with Gasteiger partial charge < -0.3 is 10.6 Å². The Kier molecular flexibility index (Phi) is 4.34. The highest BCUT2D eigenvalue weighted by molar-refractivity contribution is 5.86. The molecule has 0 radical (unpaired) electrons. The summed E-state index contributed by atoms with van der Waals surface area (Å²) >= 11 is 0. The van der Waals surface area contributed by atoms with Gasteiger partial charge in [0.1, 0.15) is 0 Å². The van der Waals surface area contributed by atoms with E-state index < -0.39 is 0 Å². The second-order valence-corrected chi connectivity index (χ2v) is 5.91. The number of nitrogens with one attached hydrogen (secondary N) is 2. The number of hydrogen-bond acceptors (Lipinski definition) is 2. The highest BCUT2D eigenvalue weighted by Crippen LogP contribution is 2.24. The zero-order valence-electron chi connectivity index (χ0n) is 12.2. The first-order valence-electron chi connectivity index (χ1n) is 7.76. The largest absolute Gasteiger partial charge is 0.316 e. The molecule has 2 atom stereocenters. The molecule has 2 N–H and O–H groups in total. The first kappa shape index (κ1) is 13.6. The molecule has 1 aliphatic rings. The van der Waals surface area contributed by atoms with Crippen molar-refractivity contribution in [1.82, 2.24) is 10.6 Å². The van der Waals surface area contributed by atoms with Crippen LogP contribution in [0.4, 0.5) is 0 Å². The molecule has 3 rings (SSSR count). The van der Waals surface area contributed by atoms with Gasteiger partial charge in [0.2, 0.25) is 0 Å². The number of fused-ring (bicyclic) bond motifs is 1. The predicted octanol–water partition coefficient (Wildman–Crippen LogP) is 3.49. The van der Waals surface area contributed by atoms with Crippen molar-refractivity contribution < 1.29 is 0 Å². The van der Waals surface area contributed by atoms with Crippen LogP contribution in [-0.4, -0.2) is 19.6 Å². The Balaban J connectivity index is 1.70. The average Bonchev–Trinajstić information content (AvgIpc) is 2.53. The smallest absolute Gasteiger partial charge is 0.0298 e. The number of rotatable bonds is 4. The Bertz CT molecular complexity index is 553. The summed E-state index contributed by atoms with van der Waals surface area (Å²) in [7, 11) is 0. The van der Waals surface area contributed by atoms with E-state index in [1.54, 1.807) is 0 Å². The van der Waals surface area contributed by atoms with Gasteiger partial charge >= 0.3 is 0 Å². The van der Waals surface area contributed by atoms with Crippen LogP contribution < -0.4 is 10.6 Å². The number of hydrogen-bond donors (Lipinski definition) is 2. The lowest BCUT2D eigenvalue weighted by atomic mass is 9.97. The van der Waals surface area contributed by atoms with Crippen molar-refractivity contribution in [1.29, 1.82) is 0 Å². The molecule has 1 aliphatic heterocycles. The van der Waals surface area contributed by atoms with Crippen molar-refractivity contribution in [2.75, 3.05) is 19.6 Å². The fourth-order valence-corrected chi connectivity index (χ4v) is 3.18. The number of piperidine rings is 1. The summed E-state index contributed by atoms with van der Waals surface area (Å²) in [5.74, 6) is 0.779.